The molecule has 0 aliphatic rings. The van der Waals surface area contributed by atoms with Crippen molar-refractivity contribution >= 4 is 5.78 Å². The highest BCUT2D eigenvalue weighted by Gasteiger charge is 2.02. The molecule has 0 amide bonds. The van der Waals surface area contributed by atoms with E-state index in [1.54, 1.807) is 0 Å². The third-order valence-corrected chi connectivity index (χ3v) is 4.47. The third-order valence-electron chi connectivity index (χ3n) is 4.47. The molecule has 0 N–H and O–H groups in total. The van der Waals surface area contributed by atoms with E-state index in [1.807, 2.05) is 0 Å². The Balaban J connectivity index is 3.27. The van der Waals surface area contributed by atoms with E-state index in [1.165, 1.54) is 57.8 Å². The second-order valence-electron chi connectivity index (χ2n) is 7.43. The Morgan fingerprint density at radius 2 is 1.28 bits per heavy atom. The zero-order chi connectivity index (χ0) is 18.6. The minimum Gasteiger partial charge on any atom is -0.309 e. The van der Waals surface area contributed by atoms with Gasteiger partial charge in [-0.15, -0.1) is 0 Å². The fraction of sp³-hybridized carbons (Fsp3) is 0.783. The Bertz CT molecular complexity index is 344. The number of Topliss-reactive ketones (excluding diaryl/α,β-unsaturated/α-hetero) is 1. The van der Waals surface area contributed by atoms with E-state index in [9.17, 15) is 4.79 Å². The lowest BCUT2D eigenvalue weighted by molar-refractivity contribution is -0.119. The van der Waals surface area contributed by atoms with Crippen LogP contribution >= 0.6 is 0 Å². The summed E-state index contributed by atoms with van der Waals surface area (Å²) >= 11 is 0. The highest BCUT2D eigenvalue weighted by molar-refractivity contribution is 5.78. The van der Waals surface area contributed by atoms with Gasteiger partial charge in [0.25, 0.3) is 0 Å². The summed E-state index contributed by atoms with van der Waals surface area (Å²) in [6.45, 7) is 3.27. The molecule has 0 saturated carbocycles. The van der Waals surface area contributed by atoms with Crippen LogP contribution < -0.4 is 0 Å². The average Bonchev–Trinajstić information content (AvgIpc) is 2.58. The number of ketones is 1. The first-order valence-corrected chi connectivity index (χ1v) is 10.6. The largest absolute Gasteiger partial charge is 0.309 e. The fourth-order valence-corrected chi connectivity index (χ4v) is 2.85. The molecular weight excluding hydrogens is 306 g/mol. The summed E-state index contributed by atoms with van der Waals surface area (Å²) in [5.74, 6) is 0.451. The van der Waals surface area contributed by atoms with Crippen LogP contribution in [0.15, 0.2) is 24.3 Å². The molecule has 0 saturated heterocycles. The molecular formula is C23H43NO. The van der Waals surface area contributed by atoms with E-state index in [2.05, 4.69) is 50.2 Å². The highest BCUT2D eigenvalue weighted by Crippen LogP contribution is 2.09. The summed E-state index contributed by atoms with van der Waals surface area (Å²) < 4.78 is 0. The van der Waals surface area contributed by atoms with Gasteiger partial charge in [-0.05, 0) is 65.6 Å². The predicted molar refractivity (Wildman–Crippen MR) is 112 cm³/mol. The number of hydrogen-bond acceptors (Lipinski definition) is 2. The second-order valence-corrected chi connectivity index (χ2v) is 7.43. The molecule has 0 aliphatic heterocycles. The molecule has 146 valence electrons. The Labute approximate surface area is 157 Å². The molecule has 0 radical (unpaired) electrons. The molecule has 0 unspecified atom stereocenters. The van der Waals surface area contributed by atoms with Crippen molar-refractivity contribution in [3.05, 3.63) is 24.3 Å². The lowest BCUT2D eigenvalue weighted by Gasteiger charge is -2.08. The molecule has 0 fully saturated rings. The van der Waals surface area contributed by atoms with Crippen LogP contribution in [0, 0.1) is 0 Å². The molecule has 0 rings (SSSR count). The summed E-state index contributed by atoms with van der Waals surface area (Å²) in [6, 6.07) is 0. The quantitative estimate of drug-likeness (QED) is 0.202. The molecule has 0 bridgehead atoms. The zero-order valence-corrected chi connectivity index (χ0v) is 17.3. The maximum absolute atomic E-state index is 11.7. The predicted octanol–water partition coefficient (Wildman–Crippen LogP) is 6.71. The van der Waals surface area contributed by atoms with Gasteiger partial charge in [0.05, 0.1) is 0 Å². The second kappa shape index (κ2) is 19.4. The van der Waals surface area contributed by atoms with Crippen molar-refractivity contribution in [1.29, 1.82) is 0 Å². The van der Waals surface area contributed by atoms with Crippen LogP contribution in [0.1, 0.15) is 96.8 Å². The van der Waals surface area contributed by atoms with Crippen molar-refractivity contribution in [1.82, 2.24) is 4.90 Å². The number of carbonyl (C=O) groups excluding carboxylic acids is 1. The van der Waals surface area contributed by atoms with E-state index in [0.717, 1.165) is 38.6 Å². The first-order chi connectivity index (χ1) is 12.2. The normalized spacial score (nSPS) is 12.0. The maximum Gasteiger partial charge on any atom is 0.132 e. The number of allylic oxidation sites excluding steroid dienone is 4. The van der Waals surface area contributed by atoms with Crippen LogP contribution in [0.3, 0.4) is 0 Å². The fourth-order valence-electron chi connectivity index (χ4n) is 2.85. The third kappa shape index (κ3) is 21.1. The zero-order valence-electron chi connectivity index (χ0n) is 17.3. The van der Waals surface area contributed by atoms with Gasteiger partial charge >= 0.3 is 0 Å². The molecule has 0 spiro atoms. The van der Waals surface area contributed by atoms with Gasteiger partial charge < -0.3 is 4.90 Å². The van der Waals surface area contributed by atoms with Crippen molar-refractivity contribution in [2.75, 3.05) is 20.6 Å². The molecule has 0 aromatic heterocycles. The van der Waals surface area contributed by atoms with Crippen LogP contribution in [-0.4, -0.2) is 31.3 Å². The van der Waals surface area contributed by atoms with E-state index < -0.39 is 0 Å². The first-order valence-electron chi connectivity index (χ1n) is 10.6. The van der Waals surface area contributed by atoms with Gasteiger partial charge in [-0.2, -0.15) is 0 Å². The van der Waals surface area contributed by atoms with E-state index in [0.29, 0.717) is 5.78 Å². The van der Waals surface area contributed by atoms with Crippen LogP contribution in [0.5, 0.6) is 0 Å². The minimum atomic E-state index is 0.451. The highest BCUT2D eigenvalue weighted by atomic mass is 16.1. The van der Waals surface area contributed by atoms with E-state index >= 15 is 0 Å². The van der Waals surface area contributed by atoms with Gasteiger partial charge in [0.15, 0.2) is 0 Å². The Morgan fingerprint density at radius 1 is 0.720 bits per heavy atom. The van der Waals surface area contributed by atoms with Crippen molar-refractivity contribution in [3.63, 3.8) is 0 Å². The van der Waals surface area contributed by atoms with Gasteiger partial charge in [0, 0.05) is 12.8 Å². The Morgan fingerprint density at radius 3 is 1.92 bits per heavy atom. The molecule has 0 aliphatic carbocycles. The van der Waals surface area contributed by atoms with Crippen LogP contribution in [-0.2, 0) is 4.79 Å². The molecule has 25 heavy (non-hydrogen) atoms. The van der Waals surface area contributed by atoms with Gasteiger partial charge in [0.1, 0.15) is 5.78 Å². The molecule has 0 heterocycles. The van der Waals surface area contributed by atoms with Crippen molar-refractivity contribution in [2.24, 2.45) is 0 Å². The molecule has 0 aromatic carbocycles. The number of carbonyl (C=O) groups is 1. The van der Waals surface area contributed by atoms with E-state index in [-0.39, 0.29) is 0 Å². The Kier molecular flexibility index (Phi) is 18.7. The van der Waals surface area contributed by atoms with Crippen LogP contribution in [0.2, 0.25) is 0 Å². The van der Waals surface area contributed by atoms with Crippen LogP contribution in [0.4, 0.5) is 0 Å². The number of hydrogen-bond donors (Lipinski definition) is 0. The number of unbranched alkanes of at least 4 members (excludes halogenated alkanes) is 8. The van der Waals surface area contributed by atoms with E-state index in [4.69, 9.17) is 0 Å². The summed E-state index contributed by atoms with van der Waals surface area (Å²) in [6.07, 6.45) is 25.5. The molecule has 0 aromatic rings. The Hall–Kier alpha value is -0.890. The van der Waals surface area contributed by atoms with Gasteiger partial charge in [-0.25, -0.2) is 0 Å². The SMILES string of the molecule is CCCCC/C=C\C/C=C\CCCCCCCC(=O)CCCN(C)C. The lowest BCUT2D eigenvalue weighted by atomic mass is 10.1. The summed E-state index contributed by atoms with van der Waals surface area (Å²) in [5.41, 5.74) is 0. The summed E-state index contributed by atoms with van der Waals surface area (Å²) in [4.78, 5) is 13.9. The van der Waals surface area contributed by atoms with Gasteiger partial charge in [-0.3, -0.25) is 4.79 Å². The van der Waals surface area contributed by atoms with Crippen molar-refractivity contribution in [2.45, 2.75) is 96.8 Å². The molecule has 2 heteroatoms. The maximum atomic E-state index is 11.7. The minimum absolute atomic E-state index is 0.451. The monoisotopic (exact) mass is 349 g/mol. The summed E-state index contributed by atoms with van der Waals surface area (Å²) in [5, 5.41) is 0. The number of rotatable bonds is 18. The van der Waals surface area contributed by atoms with Crippen molar-refractivity contribution < 1.29 is 4.79 Å². The summed E-state index contributed by atoms with van der Waals surface area (Å²) in [7, 11) is 4.12. The first kappa shape index (κ1) is 24.1. The number of nitrogens with zero attached hydrogens (tertiary/aromatic N) is 1. The topological polar surface area (TPSA) is 20.3 Å². The standard InChI is InChI=1S/C23H43NO/c1-4-5-6-7-8-9-10-11-12-13-14-15-16-17-18-20-23(25)21-19-22-24(2)3/h8-9,11-12H,4-7,10,13-22H2,1-3H3/b9-8-,12-11-. The average molecular weight is 350 g/mol. The molecule has 0 atom stereocenters. The molecule has 2 nitrogen and oxygen atoms in total. The van der Waals surface area contributed by atoms with Crippen LogP contribution in [0.25, 0.3) is 0 Å². The lowest BCUT2D eigenvalue weighted by Crippen LogP contribution is -2.14. The van der Waals surface area contributed by atoms with Crippen molar-refractivity contribution in [3.8, 4) is 0 Å². The smallest absolute Gasteiger partial charge is 0.132 e. The van der Waals surface area contributed by atoms with Gasteiger partial charge in [0.2, 0.25) is 0 Å². The van der Waals surface area contributed by atoms with Gasteiger partial charge in [-0.1, -0.05) is 63.3 Å².